The van der Waals surface area contributed by atoms with Crippen molar-refractivity contribution < 1.29 is 9.53 Å². The molecule has 0 radical (unpaired) electrons. The highest BCUT2D eigenvalue weighted by Gasteiger charge is 2.27. The molecule has 2 aliphatic heterocycles. The molecule has 3 aliphatic rings. The lowest BCUT2D eigenvalue weighted by molar-refractivity contribution is 0.0929. The summed E-state index contributed by atoms with van der Waals surface area (Å²) in [7, 11) is 0. The number of amides is 1. The third-order valence-electron chi connectivity index (χ3n) is 7.45. The van der Waals surface area contributed by atoms with E-state index in [-0.39, 0.29) is 5.91 Å². The molecule has 3 N–H and O–H groups in total. The van der Waals surface area contributed by atoms with Crippen LogP contribution in [-0.2, 0) is 6.42 Å². The van der Waals surface area contributed by atoms with Gasteiger partial charge in [0.15, 0.2) is 0 Å². The standard InChI is InChI=1S/C27H35N3O2/c1-18(21-7-9-26-23(16-21)12-15-32-26)29-25-8-6-22(17-25)19-2-4-20(5-3-19)27(31)30-24-10-13-28-14-11-24/h2-5,7,9,16,18,22,24-25,28-29H,6,8,10-15,17H2,1H3,(H,30,31)/t18-,22?,25+/m1/s1. The van der Waals surface area contributed by atoms with Crippen LogP contribution in [-0.4, -0.2) is 37.7 Å². The van der Waals surface area contributed by atoms with Gasteiger partial charge in [-0.2, -0.15) is 0 Å². The van der Waals surface area contributed by atoms with Crippen LogP contribution in [0.4, 0.5) is 0 Å². The summed E-state index contributed by atoms with van der Waals surface area (Å²) in [6.45, 7) is 5.05. The van der Waals surface area contributed by atoms with Crippen molar-refractivity contribution in [3.8, 4) is 5.75 Å². The summed E-state index contributed by atoms with van der Waals surface area (Å²) in [6, 6.07) is 16.1. The molecule has 2 aromatic rings. The van der Waals surface area contributed by atoms with Crippen molar-refractivity contribution in [1.82, 2.24) is 16.0 Å². The molecule has 170 valence electrons. The number of hydrogen-bond acceptors (Lipinski definition) is 4. The maximum absolute atomic E-state index is 12.6. The van der Waals surface area contributed by atoms with Crippen LogP contribution in [0.15, 0.2) is 42.5 Å². The minimum atomic E-state index is 0.0583. The van der Waals surface area contributed by atoms with Crippen molar-refractivity contribution in [3.05, 3.63) is 64.7 Å². The molecule has 0 bridgehead atoms. The topological polar surface area (TPSA) is 62.4 Å². The Balaban J connectivity index is 1.14. The van der Waals surface area contributed by atoms with E-state index in [2.05, 4.69) is 53.2 Å². The van der Waals surface area contributed by atoms with E-state index in [1.807, 2.05) is 12.1 Å². The minimum Gasteiger partial charge on any atom is -0.493 e. The molecule has 5 rings (SSSR count). The minimum absolute atomic E-state index is 0.0583. The summed E-state index contributed by atoms with van der Waals surface area (Å²) < 4.78 is 5.64. The molecule has 3 atom stereocenters. The smallest absolute Gasteiger partial charge is 0.251 e. The van der Waals surface area contributed by atoms with E-state index >= 15 is 0 Å². The van der Waals surface area contributed by atoms with Crippen molar-refractivity contribution in [2.45, 2.75) is 69.5 Å². The highest BCUT2D eigenvalue weighted by molar-refractivity contribution is 5.94. The average Bonchev–Trinajstić information content (AvgIpc) is 3.49. The first-order valence-corrected chi connectivity index (χ1v) is 12.3. The molecular weight excluding hydrogens is 398 g/mol. The van der Waals surface area contributed by atoms with Gasteiger partial charge in [-0.15, -0.1) is 0 Å². The first-order valence-electron chi connectivity index (χ1n) is 12.3. The second-order valence-corrected chi connectivity index (χ2v) is 9.68. The molecule has 32 heavy (non-hydrogen) atoms. The van der Waals surface area contributed by atoms with E-state index < -0.39 is 0 Å². The number of fused-ring (bicyclic) bond motifs is 1. The van der Waals surface area contributed by atoms with Gasteiger partial charge < -0.3 is 20.7 Å². The zero-order valence-corrected chi connectivity index (χ0v) is 19.0. The molecule has 1 saturated carbocycles. The van der Waals surface area contributed by atoms with Gasteiger partial charge >= 0.3 is 0 Å². The Kier molecular flexibility index (Phi) is 6.47. The summed E-state index contributed by atoms with van der Waals surface area (Å²) in [6.07, 6.45) is 6.59. The van der Waals surface area contributed by atoms with Crippen LogP contribution in [0.5, 0.6) is 5.75 Å². The summed E-state index contributed by atoms with van der Waals surface area (Å²) >= 11 is 0. The lowest BCUT2D eigenvalue weighted by Gasteiger charge is -2.23. The van der Waals surface area contributed by atoms with E-state index in [1.165, 1.54) is 29.5 Å². The third kappa shape index (κ3) is 4.84. The normalized spacial score (nSPS) is 24.0. The second kappa shape index (κ2) is 9.63. The van der Waals surface area contributed by atoms with Gasteiger partial charge in [0.1, 0.15) is 5.75 Å². The van der Waals surface area contributed by atoms with Crippen LogP contribution < -0.4 is 20.7 Å². The summed E-state index contributed by atoms with van der Waals surface area (Å²) in [5.41, 5.74) is 4.82. The predicted molar refractivity (Wildman–Crippen MR) is 127 cm³/mol. The summed E-state index contributed by atoms with van der Waals surface area (Å²) in [4.78, 5) is 12.6. The number of piperidine rings is 1. The molecule has 5 heteroatoms. The molecule has 2 aromatic carbocycles. The van der Waals surface area contributed by atoms with E-state index in [1.54, 1.807) is 0 Å². The molecule has 1 saturated heterocycles. The Hall–Kier alpha value is -2.37. The second-order valence-electron chi connectivity index (χ2n) is 9.68. The Morgan fingerprint density at radius 3 is 2.66 bits per heavy atom. The van der Waals surface area contributed by atoms with Gasteiger partial charge in [-0.25, -0.2) is 0 Å². The summed E-state index contributed by atoms with van der Waals surface area (Å²) in [5, 5.41) is 10.4. The van der Waals surface area contributed by atoms with E-state index in [0.717, 1.165) is 56.7 Å². The Bertz CT molecular complexity index is 936. The molecule has 2 fully saturated rings. The fourth-order valence-corrected chi connectivity index (χ4v) is 5.50. The number of carbonyl (C=O) groups is 1. The van der Waals surface area contributed by atoms with Gasteiger partial charge in [-0.3, -0.25) is 4.79 Å². The maximum atomic E-state index is 12.6. The van der Waals surface area contributed by atoms with Crippen LogP contribution in [0.25, 0.3) is 0 Å². The molecule has 1 amide bonds. The van der Waals surface area contributed by atoms with Crippen LogP contribution in [0.3, 0.4) is 0 Å². The fourth-order valence-electron chi connectivity index (χ4n) is 5.50. The SMILES string of the molecule is C[C@@H](N[C@H]1CCC(c2ccc(C(=O)NC3CCNCC3)cc2)C1)c1ccc2c(c1)CCO2. The lowest BCUT2D eigenvalue weighted by atomic mass is 9.96. The highest BCUT2D eigenvalue weighted by atomic mass is 16.5. The zero-order valence-electron chi connectivity index (χ0n) is 19.0. The van der Waals surface area contributed by atoms with Crippen LogP contribution in [0.2, 0.25) is 0 Å². The van der Waals surface area contributed by atoms with Crippen molar-refractivity contribution in [2.75, 3.05) is 19.7 Å². The van der Waals surface area contributed by atoms with Crippen molar-refractivity contribution >= 4 is 5.91 Å². The van der Waals surface area contributed by atoms with E-state index in [4.69, 9.17) is 4.74 Å². The number of nitrogens with one attached hydrogen (secondary N) is 3. The van der Waals surface area contributed by atoms with Crippen molar-refractivity contribution in [3.63, 3.8) is 0 Å². The van der Waals surface area contributed by atoms with Crippen molar-refractivity contribution in [1.29, 1.82) is 0 Å². The van der Waals surface area contributed by atoms with Gasteiger partial charge in [0.2, 0.25) is 0 Å². The van der Waals surface area contributed by atoms with Crippen molar-refractivity contribution in [2.24, 2.45) is 0 Å². The number of benzene rings is 2. The first kappa shape index (κ1) is 21.5. The quantitative estimate of drug-likeness (QED) is 0.642. The van der Waals surface area contributed by atoms with Gasteiger partial charge in [0.25, 0.3) is 5.91 Å². The molecule has 1 unspecified atom stereocenters. The monoisotopic (exact) mass is 433 g/mol. The van der Waals surface area contributed by atoms with E-state index in [9.17, 15) is 4.79 Å². The number of hydrogen-bond donors (Lipinski definition) is 3. The van der Waals surface area contributed by atoms with Crippen LogP contribution in [0, 0.1) is 0 Å². The Labute approximate surface area is 191 Å². The summed E-state index contributed by atoms with van der Waals surface area (Å²) in [5.74, 6) is 1.67. The number of rotatable bonds is 6. The zero-order chi connectivity index (χ0) is 21.9. The largest absolute Gasteiger partial charge is 0.493 e. The molecule has 0 spiro atoms. The number of carbonyl (C=O) groups excluding carboxylic acids is 1. The molecule has 1 aliphatic carbocycles. The third-order valence-corrected chi connectivity index (χ3v) is 7.45. The van der Waals surface area contributed by atoms with Gasteiger partial charge in [0, 0.05) is 30.1 Å². The lowest BCUT2D eigenvalue weighted by Crippen LogP contribution is -2.42. The maximum Gasteiger partial charge on any atom is 0.251 e. The van der Waals surface area contributed by atoms with Crippen LogP contribution >= 0.6 is 0 Å². The first-order chi connectivity index (χ1) is 15.7. The Morgan fingerprint density at radius 1 is 1.03 bits per heavy atom. The van der Waals surface area contributed by atoms with Gasteiger partial charge in [0.05, 0.1) is 6.61 Å². The highest BCUT2D eigenvalue weighted by Crippen LogP contribution is 2.36. The average molecular weight is 434 g/mol. The molecule has 2 heterocycles. The van der Waals surface area contributed by atoms with E-state index in [0.29, 0.717) is 24.0 Å². The molecular formula is C27H35N3O2. The molecule has 0 aromatic heterocycles. The van der Waals surface area contributed by atoms with Gasteiger partial charge in [-0.1, -0.05) is 24.3 Å². The van der Waals surface area contributed by atoms with Gasteiger partial charge in [-0.05, 0) is 92.9 Å². The fraction of sp³-hybridized carbons (Fsp3) is 0.519. The Morgan fingerprint density at radius 2 is 1.84 bits per heavy atom. The number of ether oxygens (including phenoxy) is 1. The predicted octanol–water partition coefficient (Wildman–Crippen LogP) is 4.09. The molecule has 5 nitrogen and oxygen atoms in total. The van der Waals surface area contributed by atoms with Crippen LogP contribution in [0.1, 0.15) is 78.0 Å².